The first-order valence-corrected chi connectivity index (χ1v) is 6.98. The summed E-state index contributed by atoms with van der Waals surface area (Å²) in [4.78, 5) is 0. The Labute approximate surface area is 119 Å². The van der Waals surface area contributed by atoms with E-state index in [0.29, 0.717) is 10.9 Å². The van der Waals surface area contributed by atoms with E-state index < -0.39 is 0 Å². The Balaban J connectivity index is 1.87. The van der Waals surface area contributed by atoms with Gasteiger partial charge >= 0.3 is 0 Å². The van der Waals surface area contributed by atoms with Crippen molar-refractivity contribution in [1.82, 2.24) is 15.1 Å². The van der Waals surface area contributed by atoms with Crippen LogP contribution in [0.25, 0.3) is 0 Å². The molecule has 102 valence electrons. The third-order valence-electron chi connectivity index (χ3n) is 2.85. The molecule has 0 radical (unpaired) electrons. The number of hydrogen-bond acceptors (Lipinski definition) is 2. The third kappa shape index (κ3) is 4.69. The molecule has 0 spiro atoms. The van der Waals surface area contributed by atoms with Crippen LogP contribution in [0.5, 0.6) is 0 Å². The van der Waals surface area contributed by atoms with Crippen molar-refractivity contribution in [1.29, 1.82) is 0 Å². The Morgan fingerprint density at radius 3 is 2.47 bits per heavy atom. The first-order chi connectivity index (χ1) is 9.13. The first-order valence-electron chi connectivity index (χ1n) is 6.60. The highest BCUT2D eigenvalue weighted by Crippen LogP contribution is 2.09. The minimum atomic E-state index is 0.675. The summed E-state index contributed by atoms with van der Waals surface area (Å²) in [6, 6.07) is 8.60. The lowest BCUT2D eigenvalue weighted by molar-refractivity contribution is 0.552. The van der Waals surface area contributed by atoms with Crippen LogP contribution in [0.4, 0.5) is 0 Å². The molecule has 2 aromatic rings. The van der Waals surface area contributed by atoms with Gasteiger partial charge in [0.2, 0.25) is 0 Å². The fraction of sp³-hybridized carbons (Fsp3) is 0.400. The average molecular weight is 278 g/mol. The molecule has 1 aromatic heterocycles. The molecule has 0 aliphatic carbocycles. The zero-order chi connectivity index (χ0) is 13.7. The van der Waals surface area contributed by atoms with E-state index in [2.05, 4.69) is 48.5 Å². The zero-order valence-corrected chi connectivity index (χ0v) is 12.2. The number of nitrogens with one attached hydrogen (secondary N) is 1. The summed E-state index contributed by atoms with van der Waals surface area (Å²) in [7, 11) is 0. The van der Waals surface area contributed by atoms with Crippen LogP contribution in [-0.2, 0) is 13.1 Å². The predicted molar refractivity (Wildman–Crippen MR) is 79.3 cm³/mol. The second-order valence-corrected chi connectivity index (χ2v) is 5.63. The van der Waals surface area contributed by atoms with Gasteiger partial charge in [-0.15, -0.1) is 0 Å². The van der Waals surface area contributed by atoms with E-state index in [0.717, 1.165) is 19.6 Å². The summed E-state index contributed by atoms with van der Waals surface area (Å²) >= 11 is 5.84. The van der Waals surface area contributed by atoms with Crippen LogP contribution in [-0.4, -0.2) is 16.3 Å². The Bertz CT molecular complexity index is 502. The Hall–Kier alpha value is -1.32. The maximum absolute atomic E-state index is 5.84. The summed E-state index contributed by atoms with van der Waals surface area (Å²) in [5.41, 5.74) is 2.54. The van der Waals surface area contributed by atoms with E-state index in [1.54, 1.807) is 6.20 Å². The monoisotopic (exact) mass is 277 g/mol. The van der Waals surface area contributed by atoms with Gasteiger partial charge in [-0.3, -0.25) is 4.68 Å². The molecule has 0 atom stereocenters. The lowest BCUT2D eigenvalue weighted by Crippen LogP contribution is -2.18. The SMILES string of the molecule is CC(C)CNCc1ccc(Cn2cc(Cl)cn2)cc1. The van der Waals surface area contributed by atoms with Crippen molar-refractivity contribution in [3.8, 4) is 0 Å². The maximum Gasteiger partial charge on any atom is 0.0785 e. The third-order valence-corrected chi connectivity index (χ3v) is 3.05. The van der Waals surface area contributed by atoms with Crippen LogP contribution < -0.4 is 5.32 Å². The van der Waals surface area contributed by atoms with Gasteiger partial charge in [0.15, 0.2) is 0 Å². The van der Waals surface area contributed by atoms with Crippen molar-refractivity contribution in [3.63, 3.8) is 0 Å². The largest absolute Gasteiger partial charge is 0.312 e. The van der Waals surface area contributed by atoms with Gasteiger partial charge in [-0.05, 0) is 23.6 Å². The van der Waals surface area contributed by atoms with Crippen molar-refractivity contribution < 1.29 is 0 Å². The molecule has 0 bridgehead atoms. The molecule has 1 heterocycles. The van der Waals surface area contributed by atoms with E-state index in [1.807, 2.05) is 10.9 Å². The number of hydrogen-bond donors (Lipinski definition) is 1. The van der Waals surface area contributed by atoms with Gasteiger partial charge in [-0.25, -0.2) is 0 Å². The Morgan fingerprint density at radius 2 is 1.89 bits per heavy atom. The van der Waals surface area contributed by atoms with Crippen LogP contribution in [0, 0.1) is 5.92 Å². The minimum Gasteiger partial charge on any atom is -0.312 e. The van der Waals surface area contributed by atoms with Crippen molar-refractivity contribution >= 4 is 11.6 Å². The molecule has 1 N–H and O–H groups in total. The van der Waals surface area contributed by atoms with Crippen LogP contribution in [0.1, 0.15) is 25.0 Å². The molecule has 0 saturated heterocycles. The van der Waals surface area contributed by atoms with Crippen molar-refractivity contribution in [3.05, 3.63) is 52.8 Å². The molecule has 0 fully saturated rings. The molecule has 4 heteroatoms. The van der Waals surface area contributed by atoms with Gasteiger partial charge in [-0.1, -0.05) is 49.7 Å². The highest BCUT2D eigenvalue weighted by molar-refractivity contribution is 6.30. The number of benzene rings is 1. The average Bonchev–Trinajstić information content (AvgIpc) is 2.77. The fourth-order valence-electron chi connectivity index (χ4n) is 1.88. The Morgan fingerprint density at radius 1 is 1.21 bits per heavy atom. The summed E-state index contributed by atoms with van der Waals surface area (Å²) < 4.78 is 1.84. The number of rotatable bonds is 6. The highest BCUT2D eigenvalue weighted by atomic mass is 35.5. The van der Waals surface area contributed by atoms with Gasteiger partial charge in [0.25, 0.3) is 0 Å². The molecular weight excluding hydrogens is 258 g/mol. The van der Waals surface area contributed by atoms with Crippen molar-refractivity contribution in [2.75, 3.05) is 6.54 Å². The van der Waals surface area contributed by atoms with Crippen LogP contribution in [0.3, 0.4) is 0 Å². The smallest absolute Gasteiger partial charge is 0.0785 e. The molecule has 0 aliphatic rings. The zero-order valence-electron chi connectivity index (χ0n) is 11.4. The maximum atomic E-state index is 5.84. The summed E-state index contributed by atoms with van der Waals surface area (Å²) in [6.07, 6.45) is 3.49. The van der Waals surface area contributed by atoms with Gasteiger partial charge in [0.1, 0.15) is 0 Å². The van der Waals surface area contributed by atoms with E-state index in [9.17, 15) is 0 Å². The predicted octanol–water partition coefficient (Wildman–Crippen LogP) is 3.33. The summed E-state index contributed by atoms with van der Waals surface area (Å²) in [6.45, 7) is 7.16. The number of aromatic nitrogens is 2. The van der Waals surface area contributed by atoms with Gasteiger partial charge in [-0.2, -0.15) is 5.10 Å². The number of nitrogens with zero attached hydrogens (tertiary/aromatic N) is 2. The molecule has 0 aliphatic heterocycles. The van der Waals surface area contributed by atoms with Crippen molar-refractivity contribution in [2.45, 2.75) is 26.9 Å². The molecule has 19 heavy (non-hydrogen) atoms. The minimum absolute atomic E-state index is 0.675. The van der Waals surface area contributed by atoms with Gasteiger partial charge < -0.3 is 5.32 Å². The van der Waals surface area contributed by atoms with Gasteiger partial charge in [0.05, 0.1) is 17.8 Å². The van der Waals surface area contributed by atoms with E-state index in [1.165, 1.54) is 11.1 Å². The van der Waals surface area contributed by atoms with Crippen LogP contribution >= 0.6 is 11.6 Å². The van der Waals surface area contributed by atoms with E-state index in [4.69, 9.17) is 11.6 Å². The molecule has 0 amide bonds. The summed E-state index contributed by atoms with van der Waals surface area (Å²) in [5.74, 6) is 0.684. The molecule has 1 aromatic carbocycles. The topological polar surface area (TPSA) is 29.9 Å². The normalized spacial score (nSPS) is 11.2. The van der Waals surface area contributed by atoms with Crippen LogP contribution in [0.2, 0.25) is 5.02 Å². The lowest BCUT2D eigenvalue weighted by atomic mass is 10.1. The quantitative estimate of drug-likeness (QED) is 0.878. The molecule has 0 saturated carbocycles. The van der Waals surface area contributed by atoms with E-state index >= 15 is 0 Å². The highest BCUT2D eigenvalue weighted by Gasteiger charge is 1.99. The van der Waals surface area contributed by atoms with E-state index in [-0.39, 0.29) is 0 Å². The molecule has 3 nitrogen and oxygen atoms in total. The fourth-order valence-corrected chi connectivity index (χ4v) is 2.04. The standard InChI is InChI=1S/C15H20ClN3/c1-12(2)7-17-8-13-3-5-14(6-4-13)10-19-11-15(16)9-18-19/h3-6,9,11-12,17H,7-8,10H2,1-2H3. The lowest BCUT2D eigenvalue weighted by Gasteiger charge is -2.08. The molecule has 2 rings (SSSR count). The second kappa shape index (κ2) is 6.73. The Kier molecular flexibility index (Phi) is 5.00. The first kappa shape index (κ1) is 14.1. The molecule has 0 unspecified atom stereocenters. The van der Waals surface area contributed by atoms with Gasteiger partial charge in [0, 0.05) is 12.7 Å². The second-order valence-electron chi connectivity index (χ2n) is 5.20. The van der Waals surface area contributed by atoms with Crippen LogP contribution in [0.15, 0.2) is 36.7 Å². The van der Waals surface area contributed by atoms with Crippen molar-refractivity contribution in [2.24, 2.45) is 5.92 Å². The number of halogens is 1. The molecular formula is C15H20ClN3. The summed E-state index contributed by atoms with van der Waals surface area (Å²) in [5, 5.41) is 8.29.